The highest BCUT2D eigenvalue weighted by molar-refractivity contribution is 5.76. The molecular formula is C18H28N2O2. The van der Waals surface area contributed by atoms with Crippen molar-refractivity contribution in [2.45, 2.75) is 32.6 Å². The van der Waals surface area contributed by atoms with Gasteiger partial charge in [0, 0.05) is 19.5 Å². The van der Waals surface area contributed by atoms with E-state index in [-0.39, 0.29) is 5.91 Å². The second-order valence-corrected chi connectivity index (χ2v) is 6.23. The Kier molecular flexibility index (Phi) is 6.72. The van der Waals surface area contributed by atoms with Gasteiger partial charge < -0.3 is 15.0 Å². The molecule has 1 aliphatic rings. The molecule has 2 rings (SSSR count). The fourth-order valence-electron chi connectivity index (χ4n) is 2.81. The van der Waals surface area contributed by atoms with Crippen molar-refractivity contribution in [1.82, 2.24) is 10.2 Å². The van der Waals surface area contributed by atoms with Gasteiger partial charge in [0.25, 0.3) is 0 Å². The second kappa shape index (κ2) is 8.79. The van der Waals surface area contributed by atoms with Gasteiger partial charge in [-0.1, -0.05) is 19.1 Å². The number of carbonyl (C=O) groups is 1. The van der Waals surface area contributed by atoms with Crippen molar-refractivity contribution in [2.24, 2.45) is 5.92 Å². The molecule has 1 N–H and O–H groups in total. The maximum absolute atomic E-state index is 11.9. The van der Waals surface area contributed by atoms with Crippen molar-refractivity contribution in [3.8, 4) is 5.75 Å². The number of benzene rings is 1. The maximum Gasteiger partial charge on any atom is 0.221 e. The Morgan fingerprint density at radius 2 is 2.14 bits per heavy atom. The van der Waals surface area contributed by atoms with Crippen molar-refractivity contribution in [3.05, 3.63) is 29.8 Å². The average molecular weight is 304 g/mol. The highest BCUT2D eigenvalue weighted by Gasteiger charge is 2.15. The lowest BCUT2D eigenvalue weighted by Crippen LogP contribution is -2.36. The van der Waals surface area contributed by atoms with E-state index < -0.39 is 0 Å². The third-order valence-corrected chi connectivity index (χ3v) is 4.40. The molecule has 1 aromatic carbocycles. The van der Waals surface area contributed by atoms with E-state index in [9.17, 15) is 4.79 Å². The Bertz CT molecular complexity index is 468. The zero-order valence-electron chi connectivity index (χ0n) is 13.8. The quantitative estimate of drug-likeness (QED) is 0.841. The number of ether oxygens (including phenoxy) is 1. The van der Waals surface area contributed by atoms with Crippen molar-refractivity contribution in [1.29, 1.82) is 0 Å². The van der Waals surface area contributed by atoms with E-state index in [0.29, 0.717) is 13.0 Å². The number of hydrogen-bond donors (Lipinski definition) is 1. The average Bonchev–Trinajstić information content (AvgIpc) is 2.54. The van der Waals surface area contributed by atoms with Crippen LogP contribution in [0.25, 0.3) is 0 Å². The van der Waals surface area contributed by atoms with Crippen LogP contribution in [0.3, 0.4) is 0 Å². The number of amides is 1. The Morgan fingerprint density at radius 1 is 1.36 bits per heavy atom. The second-order valence-electron chi connectivity index (χ2n) is 6.23. The van der Waals surface area contributed by atoms with Crippen molar-refractivity contribution in [3.63, 3.8) is 0 Å². The summed E-state index contributed by atoms with van der Waals surface area (Å²) >= 11 is 0. The number of methoxy groups -OCH3 is 1. The molecule has 1 fully saturated rings. The molecule has 0 saturated carbocycles. The third kappa shape index (κ3) is 5.68. The molecule has 0 aliphatic carbocycles. The van der Waals surface area contributed by atoms with Gasteiger partial charge in [0.15, 0.2) is 0 Å². The van der Waals surface area contributed by atoms with Gasteiger partial charge in [-0.2, -0.15) is 0 Å². The van der Waals surface area contributed by atoms with Crippen LogP contribution in [0.4, 0.5) is 0 Å². The Labute approximate surface area is 133 Å². The lowest BCUT2D eigenvalue weighted by molar-refractivity contribution is -0.121. The van der Waals surface area contributed by atoms with Crippen LogP contribution < -0.4 is 10.1 Å². The van der Waals surface area contributed by atoms with Crippen LogP contribution in [0.1, 0.15) is 31.7 Å². The number of rotatable bonds is 7. The van der Waals surface area contributed by atoms with Crippen molar-refractivity contribution >= 4 is 5.91 Å². The van der Waals surface area contributed by atoms with E-state index in [1.54, 1.807) is 7.11 Å². The van der Waals surface area contributed by atoms with Gasteiger partial charge in [-0.25, -0.2) is 0 Å². The topological polar surface area (TPSA) is 41.6 Å². The summed E-state index contributed by atoms with van der Waals surface area (Å²) in [6, 6.07) is 7.99. The Morgan fingerprint density at radius 3 is 2.86 bits per heavy atom. The van der Waals surface area contributed by atoms with Crippen molar-refractivity contribution < 1.29 is 9.53 Å². The molecule has 4 nitrogen and oxygen atoms in total. The zero-order chi connectivity index (χ0) is 15.8. The molecule has 1 heterocycles. The summed E-state index contributed by atoms with van der Waals surface area (Å²) in [5.41, 5.74) is 1.18. The highest BCUT2D eigenvalue weighted by Crippen LogP contribution is 2.16. The minimum atomic E-state index is 0.154. The summed E-state index contributed by atoms with van der Waals surface area (Å²) in [6.07, 6.45) is 3.96. The number of piperidine rings is 1. The van der Waals surface area contributed by atoms with E-state index in [1.807, 2.05) is 18.2 Å². The fraction of sp³-hybridized carbons (Fsp3) is 0.611. The first-order chi connectivity index (χ1) is 10.7. The van der Waals surface area contributed by atoms with Crippen LogP contribution in [0.15, 0.2) is 24.3 Å². The van der Waals surface area contributed by atoms with Crippen LogP contribution in [-0.4, -0.2) is 44.1 Å². The summed E-state index contributed by atoms with van der Waals surface area (Å²) in [4.78, 5) is 14.3. The fourth-order valence-corrected chi connectivity index (χ4v) is 2.81. The van der Waals surface area contributed by atoms with Gasteiger partial charge in [0.05, 0.1) is 7.11 Å². The monoisotopic (exact) mass is 304 g/mol. The van der Waals surface area contributed by atoms with Crippen LogP contribution in [0, 0.1) is 5.92 Å². The van der Waals surface area contributed by atoms with Crippen LogP contribution in [0.2, 0.25) is 0 Å². The molecule has 0 atom stereocenters. The maximum atomic E-state index is 11.9. The van der Waals surface area contributed by atoms with E-state index in [1.165, 1.54) is 18.4 Å². The lowest BCUT2D eigenvalue weighted by Gasteiger charge is -2.29. The summed E-state index contributed by atoms with van der Waals surface area (Å²) < 4.78 is 5.20. The molecule has 0 aromatic heterocycles. The molecule has 4 heteroatoms. The molecule has 122 valence electrons. The number of likely N-dealkylation sites (tertiary alicyclic amines) is 1. The summed E-state index contributed by atoms with van der Waals surface area (Å²) in [5, 5.41) is 3.01. The predicted octanol–water partition coefficient (Wildman–Crippen LogP) is 2.48. The SMILES string of the molecule is COc1cccc(CCNC(=O)CCN2CCC(C)CC2)c1. The number of nitrogens with one attached hydrogen (secondary N) is 1. The smallest absolute Gasteiger partial charge is 0.221 e. The first-order valence-corrected chi connectivity index (χ1v) is 8.29. The number of nitrogens with zero attached hydrogens (tertiary/aromatic N) is 1. The lowest BCUT2D eigenvalue weighted by atomic mass is 9.99. The van der Waals surface area contributed by atoms with E-state index in [4.69, 9.17) is 4.74 Å². The molecule has 1 aliphatic heterocycles. The molecule has 1 saturated heterocycles. The first kappa shape index (κ1) is 16.8. The van der Waals surface area contributed by atoms with Crippen LogP contribution in [0.5, 0.6) is 5.75 Å². The summed E-state index contributed by atoms with van der Waals surface area (Å²) in [6.45, 7) is 6.15. The first-order valence-electron chi connectivity index (χ1n) is 8.29. The molecule has 0 unspecified atom stereocenters. The van der Waals surface area contributed by atoms with Crippen molar-refractivity contribution in [2.75, 3.05) is 33.3 Å². The van der Waals surface area contributed by atoms with E-state index in [2.05, 4.69) is 23.2 Å². The molecule has 0 spiro atoms. The highest BCUT2D eigenvalue weighted by atomic mass is 16.5. The largest absolute Gasteiger partial charge is 0.497 e. The molecule has 0 bridgehead atoms. The number of carbonyl (C=O) groups excluding carboxylic acids is 1. The zero-order valence-corrected chi connectivity index (χ0v) is 13.8. The van der Waals surface area contributed by atoms with Gasteiger partial charge in [0.1, 0.15) is 5.75 Å². The Balaban J connectivity index is 1.61. The predicted molar refractivity (Wildman–Crippen MR) is 89.2 cm³/mol. The van der Waals surface area contributed by atoms with Crippen LogP contribution >= 0.6 is 0 Å². The summed E-state index contributed by atoms with van der Waals surface area (Å²) in [7, 11) is 1.67. The minimum Gasteiger partial charge on any atom is -0.497 e. The molecule has 1 amide bonds. The number of hydrogen-bond acceptors (Lipinski definition) is 3. The molecule has 0 radical (unpaired) electrons. The third-order valence-electron chi connectivity index (χ3n) is 4.40. The molecule has 22 heavy (non-hydrogen) atoms. The standard InChI is InChI=1S/C18H28N2O2/c1-15-7-11-20(12-8-15)13-9-18(21)19-10-6-16-4-3-5-17(14-16)22-2/h3-5,14-15H,6-13H2,1-2H3,(H,19,21). The molecule has 1 aromatic rings. The van der Waals surface area contributed by atoms with Crippen LogP contribution in [-0.2, 0) is 11.2 Å². The van der Waals surface area contributed by atoms with E-state index in [0.717, 1.165) is 37.7 Å². The van der Waals surface area contributed by atoms with Gasteiger partial charge in [-0.3, -0.25) is 4.79 Å². The van der Waals surface area contributed by atoms with E-state index >= 15 is 0 Å². The van der Waals surface area contributed by atoms with Gasteiger partial charge in [0.2, 0.25) is 5.91 Å². The van der Waals surface area contributed by atoms with Gasteiger partial charge in [-0.05, 0) is 56.0 Å². The minimum absolute atomic E-state index is 0.154. The van der Waals surface area contributed by atoms with Gasteiger partial charge >= 0.3 is 0 Å². The summed E-state index contributed by atoms with van der Waals surface area (Å²) in [5.74, 6) is 1.86. The van der Waals surface area contributed by atoms with Gasteiger partial charge in [-0.15, -0.1) is 0 Å². The Hall–Kier alpha value is -1.55. The normalized spacial score (nSPS) is 16.5. The molecular weight excluding hydrogens is 276 g/mol.